The summed E-state index contributed by atoms with van der Waals surface area (Å²) in [6.45, 7) is 25.7. The van der Waals surface area contributed by atoms with E-state index in [1.54, 1.807) is 0 Å². The molecule has 14 rings (SSSR count). The first-order chi connectivity index (χ1) is 33.4. The molecule has 0 fully saturated rings. The smallest absolute Gasteiger partial charge is 0.343 e. The van der Waals surface area contributed by atoms with Gasteiger partial charge in [0.2, 0.25) is 0 Å². The molecule has 342 valence electrons. The maximum Gasteiger partial charge on any atom is 0.343 e. The predicted octanol–water partition coefficient (Wildman–Crippen LogP) is 17.0. The van der Waals surface area contributed by atoms with Crippen LogP contribution in [-0.4, -0.2) is 11.4 Å². The fourth-order valence-electron chi connectivity index (χ4n) is 12.6. The molecule has 0 amide bonds. The molecule has 3 nitrogen and oxygen atoms in total. The van der Waals surface area contributed by atoms with E-state index >= 15 is 0 Å². The number of para-hydroxylation sites is 1. The average molecular weight is 925 g/mol. The standard InChI is InChI=1S/C65H57BN2OS/c1-62(2,3)38-22-26-41(27-23-38)68-51-35-49-45(42-29-24-40(64(7,8)9)33-48(42)65(49,10)11)34-47(51)54-55-43-19-15-16-20-52(43)69-60(55)56-46-32-39(63(4,5)6)25-30-50(46)67-58-44-28-21-37(36-17-13-12-14-18-36)31-53(44)70-61(58)66(68)57(54)59(56)67/h12-35H,1-11H3. The molecule has 0 bridgehead atoms. The molecular weight excluding hydrogens is 868 g/mol. The lowest BCUT2D eigenvalue weighted by atomic mass is 9.46. The largest absolute Gasteiger partial charge is 0.455 e. The van der Waals surface area contributed by atoms with Crippen LogP contribution in [-0.2, 0) is 21.7 Å². The van der Waals surface area contributed by atoms with Crippen molar-refractivity contribution in [1.29, 1.82) is 0 Å². The molecule has 0 atom stereocenters. The molecule has 5 heteroatoms. The lowest BCUT2D eigenvalue weighted by Gasteiger charge is -2.42. The molecule has 11 aromatic rings. The minimum absolute atomic E-state index is 0.0143. The first-order valence-electron chi connectivity index (χ1n) is 25.2. The molecule has 1 aliphatic carbocycles. The molecule has 5 heterocycles. The highest BCUT2D eigenvalue weighted by molar-refractivity contribution is 7.32. The summed E-state index contributed by atoms with van der Waals surface area (Å²) in [7, 11) is 0. The monoisotopic (exact) mass is 924 g/mol. The molecule has 3 aromatic heterocycles. The van der Waals surface area contributed by atoms with Gasteiger partial charge in [-0.3, -0.25) is 0 Å². The van der Waals surface area contributed by atoms with Gasteiger partial charge >= 0.3 is 6.85 Å². The summed E-state index contributed by atoms with van der Waals surface area (Å²) >= 11 is 1.98. The SMILES string of the molecule is CC(C)(C)c1ccc(N2B3c4sc5cc(-c6ccccc6)ccc5c4-n4c5ccc(C(C)(C)C)cc5c5c6oc7ccccc7c6c(c3c54)-c3cc4c(cc32)C(C)(C)c2cc(C(C)(C)C)ccc2-4)cc1. The number of hydrogen-bond acceptors (Lipinski definition) is 3. The van der Waals surface area contributed by atoms with Gasteiger partial charge in [-0.2, -0.15) is 0 Å². The van der Waals surface area contributed by atoms with Crippen molar-refractivity contribution in [1.82, 2.24) is 4.57 Å². The topological polar surface area (TPSA) is 21.3 Å². The van der Waals surface area contributed by atoms with Crippen LogP contribution in [0.15, 0.2) is 150 Å². The number of nitrogens with zero attached hydrogens (tertiary/aromatic N) is 2. The Morgan fingerprint density at radius 1 is 0.543 bits per heavy atom. The molecule has 0 N–H and O–H groups in total. The van der Waals surface area contributed by atoms with Crippen LogP contribution in [0.2, 0.25) is 0 Å². The minimum atomic E-state index is -0.217. The molecule has 0 saturated heterocycles. The highest BCUT2D eigenvalue weighted by Crippen LogP contribution is 2.57. The number of aromatic nitrogens is 1. The maximum absolute atomic E-state index is 7.33. The highest BCUT2D eigenvalue weighted by atomic mass is 32.1. The third-order valence-corrected chi connectivity index (χ3v) is 17.6. The Morgan fingerprint density at radius 2 is 1.21 bits per heavy atom. The Hall–Kier alpha value is -6.82. The number of rotatable bonds is 2. The zero-order chi connectivity index (χ0) is 48.1. The van der Waals surface area contributed by atoms with Gasteiger partial charge in [0.05, 0.1) is 22.1 Å². The highest BCUT2D eigenvalue weighted by Gasteiger charge is 2.49. The molecular formula is C65H57BN2OS. The van der Waals surface area contributed by atoms with Crippen LogP contribution < -0.4 is 15.1 Å². The molecule has 0 spiro atoms. The number of fused-ring (bicyclic) bond motifs is 18. The van der Waals surface area contributed by atoms with E-state index in [-0.39, 0.29) is 28.5 Å². The van der Waals surface area contributed by atoms with Gasteiger partial charge in [0, 0.05) is 53.4 Å². The Morgan fingerprint density at radius 3 is 1.96 bits per heavy atom. The van der Waals surface area contributed by atoms with E-state index in [1.807, 2.05) is 11.3 Å². The fraction of sp³-hybridized carbons (Fsp3) is 0.231. The van der Waals surface area contributed by atoms with Crippen LogP contribution in [0.25, 0.3) is 92.9 Å². The van der Waals surface area contributed by atoms with Crippen molar-refractivity contribution in [2.24, 2.45) is 0 Å². The summed E-state index contributed by atoms with van der Waals surface area (Å²) in [5.41, 5.74) is 23.7. The van der Waals surface area contributed by atoms with Crippen molar-refractivity contribution in [2.45, 2.75) is 97.8 Å². The number of anilines is 2. The number of furan rings is 1. The molecule has 0 saturated carbocycles. The summed E-state index contributed by atoms with van der Waals surface area (Å²) < 4.78 is 12.6. The summed E-state index contributed by atoms with van der Waals surface area (Å²) in [6, 6.07) is 56.1. The summed E-state index contributed by atoms with van der Waals surface area (Å²) in [6.07, 6.45) is 0. The second-order valence-electron chi connectivity index (χ2n) is 24.1. The Kier molecular flexibility index (Phi) is 8.26. The van der Waals surface area contributed by atoms with E-state index in [1.165, 1.54) is 126 Å². The third-order valence-electron chi connectivity index (χ3n) is 16.4. The molecule has 2 aliphatic heterocycles. The van der Waals surface area contributed by atoms with Gasteiger partial charge < -0.3 is 13.8 Å². The van der Waals surface area contributed by atoms with E-state index in [9.17, 15) is 0 Å². The van der Waals surface area contributed by atoms with Crippen LogP contribution in [0.1, 0.15) is 104 Å². The molecule has 8 aromatic carbocycles. The van der Waals surface area contributed by atoms with Gasteiger partial charge in [-0.1, -0.05) is 173 Å². The van der Waals surface area contributed by atoms with E-state index in [4.69, 9.17) is 4.42 Å². The van der Waals surface area contributed by atoms with Crippen LogP contribution in [0.5, 0.6) is 0 Å². The lowest BCUT2D eigenvalue weighted by Crippen LogP contribution is -2.59. The van der Waals surface area contributed by atoms with Crippen molar-refractivity contribution >= 4 is 93.6 Å². The van der Waals surface area contributed by atoms with Crippen molar-refractivity contribution in [3.05, 3.63) is 173 Å². The van der Waals surface area contributed by atoms with E-state index in [2.05, 4.69) is 231 Å². The first-order valence-corrected chi connectivity index (χ1v) is 26.0. The van der Waals surface area contributed by atoms with Crippen molar-refractivity contribution in [2.75, 3.05) is 4.81 Å². The van der Waals surface area contributed by atoms with Crippen molar-refractivity contribution in [3.63, 3.8) is 0 Å². The lowest BCUT2D eigenvalue weighted by molar-refractivity contribution is 0.584. The molecule has 0 radical (unpaired) electrons. The van der Waals surface area contributed by atoms with Gasteiger partial charge in [-0.25, -0.2) is 0 Å². The number of hydrogen-bond donors (Lipinski definition) is 0. The maximum atomic E-state index is 7.33. The summed E-state index contributed by atoms with van der Waals surface area (Å²) in [4.78, 5) is 2.74. The van der Waals surface area contributed by atoms with Crippen molar-refractivity contribution < 1.29 is 4.42 Å². The first kappa shape index (κ1) is 42.1. The Labute approximate surface area is 415 Å². The van der Waals surface area contributed by atoms with E-state index in [0.717, 1.165) is 16.6 Å². The normalized spacial score (nSPS) is 14.8. The Balaban J connectivity index is 1.19. The molecule has 3 aliphatic rings. The second-order valence-corrected chi connectivity index (χ2v) is 25.2. The van der Waals surface area contributed by atoms with Crippen molar-refractivity contribution in [3.8, 4) is 39.1 Å². The van der Waals surface area contributed by atoms with Crippen LogP contribution in [0.3, 0.4) is 0 Å². The minimum Gasteiger partial charge on any atom is -0.455 e. The van der Waals surface area contributed by atoms with Crippen LogP contribution in [0.4, 0.5) is 11.4 Å². The number of benzene rings is 8. The predicted molar refractivity (Wildman–Crippen MR) is 302 cm³/mol. The van der Waals surface area contributed by atoms with Gasteiger partial charge in [0.1, 0.15) is 11.2 Å². The van der Waals surface area contributed by atoms with Crippen LogP contribution >= 0.6 is 11.3 Å². The molecule has 70 heavy (non-hydrogen) atoms. The zero-order valence-electron chi connectivity index (χ0n) is 42.1. The van der Waals surface area contributed by atoms with Crippen LogP contribution in [0, 0.1) is 0 Å². The van der Waals surface area contributed by atoms with E-state index in [0.29, 0.717) is 0 Å². The van der Waals surface area contributed by atoms with Gasteiger partial charge in [-0.05, 0) is 126 Å². The van der Waals surface area contributed by atoms with Gasteiger partial charge in [0.15, 0.2) is 0 Å². The van der Waals surface area contributed by atoms with Gasteiger partial charge in [-0.15, -0.1) is 11.3 Å². The van der Waals surface area contributed by atoms with Gasteiger partial charge in [0.25, 0.3) is 0 Å². The number of thiophene rings is 1. The zero-order valence-corrected chi connectivity index (χ0v) is 43.0. The third kappa shape index (κ3) is 5.59. The molecule has 0 unspecified atom stereocenters. The van der Waals surface area contributed by atoms with E-state index < -0.39 is 0 Å². The summed E-state index contributed by atoms with van der Waals surface area (Å²) in [5.74, 6) is 0. The summed E-state index contributed by atoms with van der Waals surface area (Å²) in [5, 5.41) is 6.10. The average Bonchev–Trinajstić information content (AvgIpc) is 4.06. The fourth-order valence-corrected chi connectivity index (χ4v) is 14.0. The Bertz CT molecular complexity index is 4080. The second kappa shape index (κ2) is 13.7. The quantitative estimate of drug-likeness (QED) is 0.161.